The Bertz CT molecular complexity index is 786. The summed E-state index contributed by atoms with van der Waals surface area (Å²) in [6, 6.07) is 15.5. The number of hydrogen-bond donors (Lipinski definition) is 1. The summed E-state index contributed by atoms with van der Waals surface area (Å²) in [7, 11) is 3.28. The molecule has 1 heterocycles. The average Bonchev–Trinajstić information content (AvgIpc) is 2.79. The van der Waals surface area contributed by atoms with Crippen LogP contribution in [0, 0.1) is 0 Å². The quantitative estimate of drug-likeness (QED) is 0.742. The molecule has 1 atom stereocenters. The van der Waals surface area contributed by atoms with Crippen molar-refractivity contribution in [2.24, 2.45) is 0 Å². The molecule has 0 bridgehead atoms. The molecule has 1 aliphatic heterocycles. The number of amides is 1. The molecule has 1 aliphatic rings. The zero-order valence-electron chi connectivity index (χ0n) is 17.6. The van der Waals surface area contributed by atoms with E-state index >= 15 is 0 Å². The first kappa shape index (κ1) is 21.1. The third kappa shape index (κ3) is 5.49. The highest BCUT2D eigenvalue weighted by Gasteiger charge is 2.25. The number of nitrogens with one attached hydrogen (secondary N) is 1. The molecule has 6 nitrogen and oxygen atoms in total. The van der Waals surface area contributed by atoms with Crippen molar-refractivity contribution in [1.29, 1.82) is 0 Å². The molecule has 0 aliphatic carbocycles. The third-order valence-electron chi connectivity index (χ3n) is 5.58. The Morgan fingerprint density at radius 1 is 1.00 bits per heavy atom. The van der Waals surface area contributed by atoms with E-state index in [0.717, 1.165) is 38.5 Å². The van der Waals surface area contributed by atoms with Crippen LogP contribution in [0.15, 0.2) is 48.5 Å². The van der Waals surface area contributed by atoms with Gasteiger partial charge in [0.2, 0.25) is 0 Å². The van der Waals surface area contributed by atoms with Gasteiger partial charge in [-0.3, -0.25) is 9.69 Å². The molecule has 1 fully saturated rings. The number of methoxy groups -OCH3 is 2. The summed E-state index contributed by atoms with van der Waals surface area (Å²) >= 11 is 0. The molecular weight excluding hydrogens is 366 g/mol. The van der Waals surface area contributed by atoms with Crippen molar-refractivity contribution in [3.8, 4) is 11.5 Å². The van der Waals surface area contributed by atoms with Gasteiger partial charge in [-0.15, -0.1) is 0 Å². The number of carbonyl (C=O) groups excluding carboxylic acids is 1. The minimum absolute atomic E-state index is 0.0883. The zero-order valence-corrected chi connectivity index (χ0v) is 17.6. The molecule has 1 saturated heterocycles. The fraction of sp³-hybridized carbons (Fsp3) is 0.435. The van der Waals surface area contributed by atoms with Gasteiger partial charge in [-0.2, -0.15) is 0 Å². The number of carbonyl (C=O) groups is 1. The second kappa shape index (κ2) is 10.3. The lowest BCUT2D eigenvalue weighted by molar-refractivity contribution is 0.0855. The maximum absolute atomic E-state index is 12.7. The van der Waals surface area contributed by atoms with Gasteiger partial charge in [0.15, 0.2) is 0 Å². The van der Waals surface area contributed by atoms with E-state index in [-0.39, 0.29) is 11.9 Å². The number of benzene rings is 2. The van der Waals surface area contributed by atoms with Crippen molar-refractivity contribution in [2.75, 3.05) is 53.5 Å². The Balaban J connectivity index is 1.72. The molecule has 1 unspecified atom stereocenters. The van der Waals surface area contributed by atoms with Gasteiger partial charge in [0.05, 0.1) is 20.3 Å². The van der Waals surface area contributed by atoms with E-state index in [9.17, 15) is 4.79 Å². The van der Waals surface area contributed by atoms with Crippen LogP contribution >= 0.6 is 0 Å². The van der Waals surface area contributed by atoms with Gasteiger partial charge in [-0.1, -0.05) is 25.1 Å². The minimum atomic E-state index is -0.0883. The number of ether oxygens (including phenoxy) is 2. The number of piperazine rings is 1. The Morgan fingerprint density at radius 2 is 1.69 bits per heavy atom. The van der Waals surface area contributed by atoms with Gasteiger partial charge >= 0.3 is 0 Å². The second-order valence-electron chi connectivity index (χ2n) is 7.20. The molecule has 29 heavy (non-hydrogen) atoms. The van der Waals surface area contributed by atoms with Crippen molar-refractivity contribution < 1.29 is 14.3 Å². The average molecular weight is 398 g/mol. The Kier molecular flexibility index (Phi) is 7.49. The lowest BCUT2D eigenvalue weighted by atomic mass is 10.0. The van der Waals surface area contributed by atoms with Crippen LogP contribution in [0.4, 0.5) is 0 Å². The smallest absolute Gasteiger partial charge is 0.251 e. The van der Waals surface area contributed by atoms with Crippen LogP contribution in [0.25, 0.3) is 0 Å². The van der Waals surface area contributed by atoms with E-state index in [4.69, 9.17) is 9.47 Å². The lowest BCUT2D eigenvalue weighted by Crippen LogP contribution is -2.49. The van der Waals surface area contributed by atoms with Crippen LogP contribution in [0.3, 0.4) is 0 Å². The molecule has 3 rings (SSSR count). The van der Waals surface area contributed by atoms with Gasteiger partial charge in [-0.05, 0) is 42.4 Å². The lowest BCUT2D eigenvalue weighted by Gasteiger charge is -2.39. The molecule has 0 saturated carbocycles. The van der Waals surface area contributed by atoms with E-state index in [1.54, 1.807) is 26.4 Å². The highest BCUT2D eigenvalue weighted by Crippen LogP contribution is 2.24. The van der Waals surface area contributed by atoms with Gasteiger partial charge in [0.25, 0.3) is 5.91 Å². The first-order chi connectivity index (χ1) is 14.1. The maximum Gasteiger partial charge on any atom is 0.251 e. The Hall–Kier alpha value is -2.57. The van der Waals surface area contributed by atoms with Gasteiger partial charge < -0.3 is 19.7 Å². The van der Waals surface area contributed by atoms with E-state index in [2.05, 4.69) is 34.2 Å². The molecule has 0 spiro atoms. The van der Waals surface area contributed by atoms with E-state index in [1.807, 2.05) is 24.3 Å². The molecule has 1 N–H and O–H groups in total. The fourth-order valence-electron chi connectivity index (χ4n) is 3.73. The van der Waals surface area contributed by atoms with Crippen LogP contribution in [0.1, 0.15) is 28.9 Å². The van der Waals surface area contributed by atoms with E-state index in [1.165, 1.54) is 5.56 Å². The van der Waals surface area contributed by atoms with Crippen molar-refractivity contribution in [3.63, 3.8) is 0 Å². The summed E-state index contributed by atoms with van der Waals surface area (Å²) in [5.41, 5.74) is 1.79. The number of likely N-dealkylation sites (N-methyl/N-ethyl adjacent to an activating group) is 1. The zero-order chi connectivity index (χ0) is 20.6. The van der Waals surface area contributed by atoms with Crippen LogP contribution in [-0.4, -0.2) is 69.2 Å². The second-order valence-corrected chi connectivity index (χ2v) is 7.20. The normalized spacial score (nSPS) is 16.2. The van der Waals surface area contributed by atoms with Gasteiger partial charge in [0.1, 0.15) is 11.5 Å². The molecule has 2 aromatic carbocycles. The van der Waals surface area contributed by atoms with Crippen LogP contribution in [0.2, 0.25) is 0 Å². The number of hydrogen-bond acceptors (Lipinski definition) is 5. The molecule has 1 amide bonds. The predicted octanol–water partition coefficient (Wildman–Crippen LogP) is 2.81. The Morgan fingerprint density at radius 3 is 2.31 bits per heavy atom. The molecule has 0 aromatic heterocycles. The first-order valence-corrected chi connectivity index (χ1v) is 10.2. The molecule has 156 valence electrons. The summed E-state index contributed by atoms with van der Waals surface area (Å²) < 4.78 is 10.5. The first-order valence-electron chi connectivity index (χ1n) is 10.2. The van der Waals surface area contributed by atoms with Crippen molar-refractivity contribution in [2.45, 2.75) is 13.0 Å². The monoisotopic (exact) mass is 397 g/mol. The summed E-state index contributed by atoms with van der Waals surface area (Å²) in [6.45, 7) is 7.90. The van der Waals surface area contributed by atoms with Crippen molar-refractivity contribution in [1.82, 2.24) is 15.1 Å². The topological polar surface area (TPSA) is 54.0 Å². The van der Waals surface area contributed by atoms with Crippen molar-refractivity contribution in [3.05, 3.63) is 59.7 Å². The van der Waals surface area contributed by atoms with Crippen LogP contribution in [0.5, 0.6) is 11.5 Å². The van der Waals surface area contributed by atoms with E-state index in [0.29, 0.717) is 17.9 Å². The van der Waals surface area contributed by atoms with Crippen LogP contribution in [-0.2, 0) is 0 Å². The Labute approximate surface area is 173 Å². The molecule has 0 radical (unpaired) electrons. The molecule has 2 aromatic rings. The van der Waals surface area contributed by atoms with Crippen molar-refractivity contribution >= 4 is 5.91 Å². The summed E-state index contributed by atoms with van der Waals surface area (Å²) in [5, 5.41) is 3.12. The molecular formula is C23H31N3O3. The fourth-order valence-corrected chi connectivity index (χ4v) is 3.73. The summed E-state index contributed by atoms with van der Waals surface area (Å²) in [5.74, 6) is 1.43. The number of rotatable bonds is 8. The van der Waals surface area contributed by atoms with Crippen LogP contribution < -0.4 is 14.8 Å². The summed E-state index contributed by atoms with van der Waals surface area (Å²) in [6.07, 6.45) is 0. The molecule has 6 heteroatoms. The number of nitrogens with zero attached hydrogens (tertiary/aromatic N) is 2. The van der Waals surface area contributed by atoms with Gasteiger partial charge in [0, 0.05) is 38.3 Å². The maximum atomic E-state index is 12.7. The SMILES string of the molecule is CCN1CCN(C(CNC(=O)c2cccc(OC)c2)c2ccc(OC)cc2)CC1. The van der Waals surface area contributed by atoms with Gasteiger partial charge in [-0.25, -0.2) is 0 Å². The van der Waals surface area contributed by atoms with E-state index < -0.39 is 0 Å². The predicted molar refractivity (Wildman–Crippen MR) is 115 cm³/mol. The third-order valence-corrected chi connectivity index (χ3v) is 5.58. The highest BCUT2D eigenvalue weighted by atomic mass is 16.5. The summed E-state index contributed by atoms with van der Waals surface area (Å²) in [4.78, 5) is 17.6. The standard InChI is InChI=1S/C23H31N3O3/c1-4-25-12-14-26(15-13-25)22(18-8-10-20(28-2)11-9-18)17-24-23(27)19-6-5-7-21(16-19)29-3/h5-11,16,22H,4,12-15,17H2,1-3H3,(H,24,27). The highest BCUT2D eigenvalue weighted by molar-refractivity contribution is 5.94. The largest absolute Gasteiger partial charge is 0.497 e. The minimum Gasteiger partial charge on any atom is -0.497 e.